The second kappa shape index (κ2) is 8.28. The molecule has 1 N–H and O–H groups in total. The molecule has 0 saturated heterocycles. The summed E-state index contributed by atoms with van der Waals surface area (Å²) in [6.45, 7) is 13.5. The van der Waals surface area contributed by atoms with Gasteiger partial charge >= 0.3 is 0 Å². The van der Waals surface area contributed by atoms with E-state index in [-0.39, 0.29) is 0 Å². The van der Waals surface area contributed by atoms with E-state index in [2.05, 4.69) is 62.2 Å². The van der Waals surface area contributed by atoms with Crippen LogP contribution in [0.5, 0.6) is 0 Å². The van der Waals surface area contributed by atoms with Gasteiger partial charge in [0.25, 0.3) is 0 Å². The Morgan fingerprint density at radius 1 is 1.17 bits per heavy atom. The summed E-state index contributed by atoms with van der Waals surface area (Å²) in [6, 6.07) is 9.06. The van der Waals surface area contributed by atoms with E-state index in [1.54, 1.807) is 0 Å². The minimum absolute atomic E-state index is 0.437. The van der Waals surface area contributed by atoms with Crippen LogP contribution in [0.3, 0.4) is 0 Å². The predicted molar refractivity (Wildman–Crippen MR) is 80.0 cm³/mol. The Bertz CT molecular complexity index is 336. The first kappa shape index (κ1) is 15.2. The number of hydrogen-bond donors (Lipinski definition) is 1. The van der Waals surface area contributed by atoms with Crippen molar-refractivity contribution >= 4 is 0 Å². The van der Waals surface area contributed by atoms with E-state index in [1.165, 1.54) is 24.1 Å². The second-order valence-corrected chi connectivity index (χ2v) is 4.97. The molecule has 0 amide bonds. The highest BCUT2D eigenvalue weighted by atomic mass is 15.1. The fraction of sp³-hybridized carbons (Fsp3) is 0.625. The van der Waals surface area contributed by atoms with Gasteiger partial charge in [-0.1, -0.05) is 38.1 Å². The van der Waals surface area contributed by atoms with Crippen LogP contribution in [0.25, 0.3) is 0 Å². The summed E-state index contributed by atoms with van der Waals surface area (Å²) < 4.78 is 0. The van der Waals surface area contributed by atoms with Crippen molar-refractivity contribution in [3.05, 3.63) is 35.4 Å². The van der Waals surface area contributed by atoms with Gasteiger partial charge < -0.3 is 10.2 Å². The molecule has 0 spiro atoms. The first-order chi connectivity index (χ1) is 8.69. The summed E-state index contributed by atoms with van der Waals surface area (Å²) in [5, 5.41) is 3.62. The van der Waals surface area contributed by atoms with E-state index < -0.39 is 0 Å². The van der Waals surface area contributed by atoms with Gasteiger partial charge in [-0.3, -0.25) is 0 Å². The van der Waals surface area contributed by atoms with Gasteiger partial charge in [-0.25, -0.2) is 0 Å². The molecule has 1 unspecified atom stereocenters. The Labute approximate surface area is 112 Å². The third-order valence-electron chi connectivity index (χ3n) is 3.52. The molecule has 0 saturated carbocycles. The Morgan fingerprint density at radius 2 is 1.89 bits per heavy atom. The highest BCUT2D eigenvalue weighted by Gasteiger charge is 2.07. The molecule has 0 heterocycles. The Balaban J connectivity index is 2.37. The number of hydrogen-bond acceptors (Lipinski definition) is 2. The highest BCUT2D eigenvalue weighted by Crippen LogP contribution is 2.16. The third kappa shape index (κ3) is 4.79. The van der Waals surface area contributed by atoms with Crippen molar-refractivity contribution < 1.29 is 0 Å². The molecule has 1 aromatic carbocycles. The van der Waals surface area contributed by atoms with Gasteiger partial charge in [0, 0.05) is 19.1 Å². The summed E-state index contributed by atoms with van der Waals surface area (Å²) in [5.41, 5.74) is 2.79. The average Bonchev–Trinajstić information content (AvgIpc) is 2.38. The van der Waals surface area contributed by atoms with Crippen LogP contribution in [0.2, 0.25) is 0 Å². The molecule has 1 atom stereocenters. The summed E-state index contributed by atoms with van der Waals surface area (Å²) in [4.78, 5) is 2.50. The molecule has 2 nitrogen and oxygen atoms in total. The van der Waals surface area contributed by atoms with Crippen LogP contribution in [0, 0.1) is 6.92 Å². The van der Waals surface area contributed by atoms with Crippen LogP contribution < -0.4 is 5.32 Å². The van der Waals surface area contributed by atoms with E-state index in [9.17, 15) is 0 Å². The molecule has 1 aromatic rings. The van der Waals surface area contributed by atoms with Crippen molar-refractivity contribution in [3.63, 3.8) is 0 Å². The quantitative estimate of drug-likeness (QED) is 0.759. The Kier molecular flexibility index (Phi) is 6.99. The normalized spacial score (nSPS) is 12.9. The monoisotopic (exact) mass is 248 g/mol. The summed E-state index contributed by atoms with van der Waals surface area (Å²) >= 11 is 0. The Hall–Kier alpha value is -0.860. The maximum absolute atomic E-state index is 3.62. The number of rotatable bonds is 8. The van der Waals surface area contributed by atoms with E-state index >= 15 is 0 Å². The van der Waals surface area contributed by atoms with E-state index in [4.69, 9.17) is 0 Å². The molecule has 0 aliphatic heterocycles. The fourth-order valence-corrected chi connectivity index (χ4v) is 2.37. The maximum Gasteiger partial charge on any atom is 0.0294 e. The third-order valence-corrected chi connectivity index (χ3v) is 3.52. The number of likely N-dealkylation sites (N-methyl/N-ethyl adjacent to an activating group) is 1. The van der Waals surface area contributed by atoms with Gasteiger partial charge in [0.1, 0.15) is 0 Å². The lowest BCUT2D eigenvalue weighted by Crippen LogP contribution is -2.33. The minimum Gasteiger partial charge on any atom is -0.309 e. The van der Waals surface area contributed by atoms with Crippen LogP contribution in [-0.2, 0) is 0 Å². The molecular weight excluding hydrogens is 220 g/mol. The number of nitrogens with one attached hydrogen (secondary N) is 1. The zero-order valence-corrected chi connectivity index (χ0v) is 12.4. The number of nitrogens with zero attached hydrogens (tertiary/aromatic N) is 1. The molecule has 0 aliphatic rings. The lowest BCUT2D eigenvalue weighted by molar-refractivity contribution is 0.284. The molecule has 18 heavy (non-hydrogen) atoms. The van der Waals surface area contributed by atoms with E-state index in [1.807, 2.05) is 0 Å². The van der Waals surface area contributed by atoms with Crippen molar-refractivity contribution in [3.8, 4) is 0 Å². The van der Waals surface area contributed by atoms with Crippen LogP contribution in [-0.4, -0.2) is 31.1 Å². The summed E-state index contributed by atoms with van der Waals surface area (Å²) in [7, 11) is 0. The fourth-order valence-electron chi connectivity index (χ4n) is 2.37. The van der Waals surface area contributed by atoms with Crippen molar-refractivity contribution in [2.24, 2.45) is 0 Å². The molecule has 0 aromatic heterocycles. The molecule has 1 rings (SSSR count). The molecule has 102 valence electrons. The van der Waals surface area contributed by atoms with Crippen molar-refractivity contribution in [2.45, 2.75) is 40.2 Å². The molecular formula is C16H28N2. The second-order valence-electron chi connectivity index (χ2n) is 4.97. The molecule has 0 bridgehead atoms. The molecule has 0 aliphatic carbocycles. The van der Waals surface area contributed by atoms with Gasteiger partial charge in [0.05, 0.1) is 0 Å². The van der Waals surface area contributed by atoms with Gasteiger partial charge in [-0.05, 0) is 44.5 Å². The first-order valence-corrected chi connectivity index (χ1v) is 7.20. The molecule has 0 fully saturated rings. The molecule has 0 radical (unpaired) electrons. The Morgan fingerprint density at radius 3 is 2.50 bits per heavy atom. The van der Waals surface area contributed by atoms with Crippen LogP contribution in [0.1, 0.15) is 44.4 Å². The lowest BCUT2D eigenvalue weighted by atomic mass is 10.0. The van der Waals surface area contributed by atoms with E-state index in [0.29, 0.717) is 6.04 Å². The van der Waals surface area contributed by atoms with Gasteiger partial charge in [0.2, 0.25) is 0 Å². The topological polar surface area (TPSA) is 15.3 Å². The van der Waals surface area contributed by atoms with Crippen molar-refractivity contribution in [1.29, 1.82) is 0 Å². The number of benzene rings is 1. The standard InChI is InChI=1S/C16H28N2/c1-5-12-18(6-2)13-11-17-15(4)16-10-8-7-9-14(16)3/h7-10,15,17H,5-6,11-13H2,1-4H3. The SMILES string of the molecule is CCCN(CC)CCNC(C)c1ccccc1C. The maximum atomic E-state index is 3.62. The van der Waals surface area contributed by atoms with Gasteiger partial charge in [-0.2, -0.15) is 0 Å². The van der Waals surface area contributed by atoms with Crippen LogP contribution in [0.15, 0.2) is 24.3 Å². The summed E-state index contributed by atoms with van der Waals surface area (Å²) in [6.07, 6.45) is 1.24. The highest BCUT2D eigenvalue weighted by molar-refractivity contribution is 5.28. The smallest absolute Gasteiger partial charge is 0.0294 e. The largest absolute Gasteiger partial charge is 0.309 e. The van der Waals surface area contributed by atoms with Crippen LogP contribution >= 0.6 is 0 Å². The minimum atomic E-state index is 0.437. The van der Waals surface area contributed by atoms with Crippen molar-refractivity contribution in [1.82, 2.24) is 10.2 Å². The predicted octanol–water partition coefficient (Wildman–Crippen LogP) is 3.38. The number of aryl methyl sites for hydroxylation is 1. The van der Waals surface area contributed by atoms with E-state index in [0.717, 1.165) is 19.6 Å². The van der Waals surface area contributed by atoms with Gasteiger partial charge in [0.15, 0.2) is 0 Å². The van der Waals surface area contributed by atoms with Gasteiger partial charge in [-0.15, -0.1) is 0 Å². The lowest BCUT2D eigenvalue weighted by Gasteiger charge is -2.22. The average molecular weight is 248 g/mol. The molecule has 2 heteroatoms. The van der Waals surface area contributed by atoms with Crippen molar-refractivity contribution in [2.75, 3.05) is 26.2 Å². The zero-order valence-electron chi connectivity index (χ0n) is 12.4. The first-order valence-electron chi connectivity index (χ1n) is 7.20. The van der Waals surface area contributed by atoms with Crippen LogP contribution in [0.4, 0.5) is 0 Å². The zero-order chi connectivity index (χ0) is 13.4. The summed E-state index contributed by atoms with van der Waals surface area (Å²) in [5.74, 6) is 0.